The minimum absolute atomic E-state index is 0.0936. The molecule has 0 saturated heterocycles. The van der Waals surface area contributed by atoms with Crippen molar-refractivity contribution in [3.05, 3.63) is 47.9 Å². The summed E-state index contributed by atoms with van der Waals surface area (Å²) in [7, 11) is 0. The van der Waals surface area contributed by atoms with E-state index in [4.69, 9.17) is 14.3 Å². The molecule has 112 valence electrons. The van der Waals surface area contributed by atoms with E-state index in [1.807, 2.05) is 24.3 Å². The molecule has 0 aliphatic carbocycles. The van der Waals surface area contributed by atoms with Crippen LogP contribution in [0.25, 0.3) is 0 Å². The molecule has 21 heavy (non-hydrogen) atoms. The third-order valence-electron chi connectivity index (χ3n) is 3.29. The highest BCUT2D eigenvalue weighted by molar-refractivity contribution is 5.88. The van der Waals surface area contributed by atoms with Crippen molar-refractivity contribution < 1.29 is 19.1 Å². The Bertz CT molecular complexity index is 602. The maximum Gasteiger partial charge on any atom is 0.339 e. The fraction of sp³-hybridized carbons (Fsp3) is 0.312. The van der Waals surface area contributed by atoms with Gasteiger partial charge in [-0.15, -0.1) is 0 Å². The van der Waals surface area contributed by atoms with Gasteiger partial charge in [0.15, 0.2) is 5.76 Å². The monoisotopic (exact) mass is 289 g/mol. The number of nitrogens with zero attached hydrogens (tertiary/aromatic N) is 1. The van der Waals surface area contributed by atoms with Gasteiger partial charge in [0.05, 0.1) is 6.26 Å². The van der Waals surface area contributed by atoms with Gasteiger partial charge in [0.2, 0.25) is 0 Å². The Balaban J connectivity index is 2.08. The Hall–Kier alpha value is -2.43. The first-order valence-electron chi connectivity index (χ1n) is 6.93. The predicted molar refractivity (Wildman–Crippen MR) is 80.0 cm³/mol. The van der Waals surface area contributed by atoms with E-state index in [0.29, 0.717) is 11.5 Å². The molecule has 0 spiro atoms. The van der Waals surface area contributed by atoms with E-state index in [1.165, 1.54) is 12.3 Å². The topological polar surface area (TPSA) is 62.9 Å². The molecule has 1 N–H and O–H groups in total. The van der Waals surface area contributed by atoms with Gasteiger partial charge in [0, 0.05) is 24.8 Å². The van der Waals surface area contributed by atoms with E-state index in [0.717, 1.165) is 18.8 Å². The van der Waals surface area contributed by atoms with Crippen molar-refractivity contribution in [3.8, 4) is 5.75 Å². The van der Waals surface area contributed by atoms with Gasteiger partial charge in [-0.3, -0.25) is 0 Å². The maximum atomic E-state index is 11.0. The second-order valence-electron chi connectivity index (χ2n) is 4.52. The highest BCUT2D eigenvalue weighted by Gasteiger charge is 2.14. The van der Waals surface area contributed by atoms with Crippen LogP contribution in [0.5, 0.6) is 5.75 Å². The number of hydrogen-bond acceptors (Lipinski definition) is 4. The Morgan fingerprint density at radius 1 is 1.29 bits per heavy atom. The van der Waals surface area contributed by atoms with Crippen LogP contribution in [0.3, 0.4) is 0 Å². The zero-order valence-corrected chi connectivity index (χ0v) is 12.2. The van der Waals surface area contributed by atoms with E-state index >= 15 is 0 Å². The number of carbonyl (C=O) groups is 1. The predicted octanol–water partition coefficient (Wildman–Crippen LogP) is 3.40. The number of hydrogen-bond donors (Lipinski definition) is 1. The number of furan rings is 1. The lowest BCUT2D eigenvalue weighted by molar-refractivity contribution is 0.0692. The maximum absolute atomic E-state index is 11.0. The molecule has 1 aromatic carbocycles. The number of anilines is 1. The fourth-order valence-corrected chi connectivity index (χ4v) is 2.15. The molecule has 0 fully saturated rings. The van der Waals surface area contributed by atoms with Crippen molar-refractivity contribution in [3.63, 3.8) is 0 Å². The number of aromatic carboxylic acids is 1. The van der Waals surface area contributed by atoms with Gasteiger partial charge in [-0.2, -0.15) is 0 Å². The van der Waals surface area contributed by atoms with Crippen LogP contribution in [0.4, 0.5) is 5.69 Å². The minimum atomic E-state index is -1.01. The summed E-state index contributed by atoms with van der Waals surface area (Å²) in [4.78, 5) is 13.2. The van der Waals surface area contributed by atoms with E-state index in [9.17, 15) is 4.79 Å². The van der Waals surface area contributed by atoms with Crippen LogP contribution in [0.2, 0.25) is 0 Å². The van der Waals surface area contributed by atoms with Crippen LogP contribution in [-0.4, -0.2) is 24.2 Å². The van der Waals surface area contributed by atoms with Crippen molar-refractivity contribution in [2.24, 2.45) is 0 Å². The van der Waals surface area contributed by atoms with E-state index < -0.39 is 5.97 Å². The normalized spacial score (nSPS) is 10.4. The zero-order chi connectivity index (χ0) is 15.2. The standard InChI is InChI=1S/C16H19NO4/c1-3-17(4-2)12-6-5-7-13(10-12)21-11-15-14(16(18)19)8-9-20-15/h5-10H,3-4,11H2,1-2H3,(H,18,19). The third kappa shape index (κ3) is 3.56. The van der Waals surface area contributed by atoms with Gasteiger partial charge in [0.1, 0.15) is 17.9 Å². The number of benzene rings is 1. The summed E-state index contributed by atoms with van der Waals surface area (Å²) in [5.74, 6) is -0.0119. The highest BCUT2D eigenvalue weighted by Crippen LogP contribution is 2.22. The third-order valence-corrected chi connectivity index (χ3v) is 3.29. The Kier molecular flexibility index (Phi) is 4.87. The van der Waals surface area contributed by atoms with Gasteiger partial charge >= 0.3 is 5.97 Å². The fourth-order valence-electron chi connectivity index (χ4n) is 2.15. The van der Waals surface area contributed by atoms with Crippen LogP contribution in [0, 0.1) is 0 Å². The second kappa shape index (κ2) is 6.83. The van der Waals surface area contributed by atoms with Crippen molar-refractivity contribution in [1.29, 1.82) is 0 Å². The van der Waals surface area contributed by atoms with Crippen LogP contribution in [0.15, 0.2) is 41.0 Å². The summed E-state index contributed by atoms with van der Waals surface area (Å²) in [5.41, 5.74) is 1.21. The molecule has 2 rings (SSSR count). The molecular weight excluding hydrogens is 270 g/mol. The average molecular weight is 289 g/mol. The van der Waals surface area contributed by atoms with Crippen LogP contribution in [-0.2, 0) is 6.61 Å². The largest absolute Gasteiger partial charge is 0.486 e. The minimum Gasteiger partial charge on any atom is -0.486 e. The van der Waals surface area contributed by atoms with Crippen molar-refractivity contribution in [2.75, 3.05) is 18.0 Å². The molecule has 5 heteroatoms. The molecule has 2 aromatic rings. The Labute approximate surface area is 123 Å². The first-order chi connectivity index (χ1) is 10.2. The smallest absolute Gasteiger partial charge is 0.339 e. The molecule has 0 bridgehead atoms. The highest BCUT2D eigenvalue weighted by atomic mass is 16.5. The lowest BCUT2D eigenvalue weighted by atomic mass is 10.2. The summed E-state index contributed by atoms with van der Waals surface area (Å²) in [6.07, 6.45) is 1.36. The molecule has 1 heterocycles. The average Bonchev–Trinajstić information content (AvgIpc) is 2.95. The summed E-state index contributed by atoms with van der Waals surface area (Å²) in [5, 5.41) is 9.01. The van der Waals surface area contributed by atoms with Gasteiger partial charge in [-0.25, -0.2) is 4.79 Å². The van der Waals surface area contributed by atoms with Crippen molar-refractivity contribution in [1.82, 2.24) is 0 Å². The molecule has 0 amide bonds. The van der Waals surface area contributed by atoms with Crippen LogP contribution < -0.4 is 9.64 Å². The SMILES string of the molecule is CCN(CC)c1cccc(OCc2occc2C(=O)O)c1. The first kappa shape index (κ1) is 15.0. The molecule has 0 unspecified atom stereocenters. The lowest BCUT2D eigenvalue weighted by Gasteiger charge is -2.21. The molecular formula is C16H19NO4. The van der Waals surface area contributed by atoms with E-state index in [-0.39, 0.29) is 12.2 Å². The molecule has 0 radical (unpaired) electrons. The Morgan fingerprint density at radius 2 is 2.05 bits per heavy atom. The number of carboxylic acid groups (broad SMARTS) is 1. The summed E-state index contributed by atoms with van der Waals surface area (Å²) in [6, 6.07) is 9.15. The van der Waals surface area contributed by atoms with Gasteiger partial charge in [-0.05, 0) is 32.0 Å². The Morgan fingerprint density at radius 3 is 2.71 bits per heavy atom. The quantitative estimate of drug-likeness (QED) is 0.846. The van der Waals surface area contributed by atoms with E-state index in [1.54, 1.807) is 0 Å². The van der Waals surface area contributed by atoms with Crippen molar-refractivity contribution in [2.45, 2.75) is 20.5 Å². The van der Waals surface area contributed by atoms with Gasteiger partial charge in [0.25, 0.3) is 0 Å². The molecule has 5 nitrogen and oxygen atoms in total. The van der Waals surface area contributed by atoms with Crippen LogP contribution >= 0.6 is 0 Å². The molecule has 0 aliphatic rings. The summed E-state index contributed by atoms with van der Waals surface area (Å²) >= 11 is 0. The summed E-state index contributed by atoms with van der Waals surface area (Å²) < 4.78 is 10.8. The van der Waals surface area contributed by atoms with E-state index in [2.05, 4.69) is 18.7 Å². The summed E-state index contributed by atoms with van der Waals surface area (Å²) in [6.45, 7) is 6.12. The molecule has 0 aliphatic heterocycles. The first-order valence-corrected chi connectivity index (χ1v) is 6.93. The number of ether oxygens (including phenoxy) is 1. The number of rotatable bonds is 7. The van der Waals surface area contributed by atoms with Crippen molar-refractivity contribution >= 4 is 11.7 Å². The zero-order valence-electron chi connectivity index (χ0n) is 12.2. The van der Waals surface area contributed by atoms with Crippen LogP contribution in [0.1, 0.15) is 30.0 Å². The molecule has 0 saturated carbocycles. The lowest BCUT2D eigenvalue weighted by Crippen LogP contribution is -2.21. The molecule has 1 aromatic heterocycles. The molecule has 0 atom stereocenters. The number of carboxylic acids is 1. The van der Waals surface area contributed by atoms with Gasteiger partial charge < -0.3 is 19.2 Å². The van der Waals surface area contributed by atoms with Gasteiger partial charge in [-0.1, -0.05) is 6.07 Å². The second-order valence-corrected chi connectivity index (χ2v) is 4.52.